The van der Waals surface area contributed by atoms with E-state index in [-0.39, 0.29) is 30.7 Å². The van der Waals surface area contributed by atoms with Crippen LogP contribution in [0.5, 0.6) is 0 Å². The molecule has 2 aromatic heterocycles. The minimum absolute atomic E-state index is 0.0558. The predicted molar refractivity (Wildman–Crippen MR) is 129 cm³/mol. The number of piperidine rings is 1. The van der Waals surface area contributed by atoms with E-state index >= 15 is 0 Å². The highest BCUT2D eigenvalue weighted by atomic mass is 32.5. The van der Waals surface area contributed by atoms with Crippen LogP contribution in [0.2, 0.25) is 0 Å². The average Bonchev–Trinajstić information content (AvgIpc) is 3.21. The van der Waals surface area contributed by atoms with E-state index in [1.165, 1.54) is 0 Å². The fourth-order valence-electron chi connectivity index (χ4n) is 5.08. The van der Waals surface area contributed by atoms with Gasteiger partial charge in [0.2, 0.25) is 0 Å². The number of anilines is 2. The number of hydrogen-bond acceptors (Lipinski definition) is 8. The minimum Gasteiger partial charge on any atom is -0.394 e. The van der Waals surface area contributed by atoms with Crippen molar-refractivity contribution in [2.45, 2.75) is 59.8 Å². The Bertz CT molecular complexity index is 1300. The number of halogens is 5. The summed E-state index contributed by atoms with van der Waals surface area (Å²) in [6.07, 6.45) is 4.00. The van der Waals surface area contributed by atoms with Gasteiger partial charge in [-0.1, -0.05) is 19.4 Å². The lowest BCUT2D eigenvalue weighted by atomic mass is 9.77. The van der Waals surface area contributed by atoms with Crippen LogP contribution in [0.4, 0.5) is 31.1 Å². The van der Waals surface area contributed by atoms with Gasteiger partial charge in [0.1, 0.15) is 28.4 Å². The van der Waals surface area contributed by atoms with E-state index in [2.05, 4.69) is 21.4 Å². The Hall–Kier alpha value is -2.57. The second kappa shape index (κ2) is 8.21. The number of nitrogens with zero attached hydrogens (tertiary/aromatic N) is 5. The van der Waals surface area contributed by atoms with Crippen molar-refractivity contribution < 1.29 is 28.7 Å². The van der Waals surface area contributed by atoms with Crippen molar-refractivity contribution in [1.29, 1.82) is 5.26 Å². The maximum Gasteiger partial charge on any atom is 0.313 e. The second-order valence-corrected chi connectivity index (χ2v) is 13.7. The molecule has 15 heteroatoms. The van der Waals surface area contributed by atoms with E-state index in [9.17, 15) is 34.0 Å². The monoisotopic (exact) mass is 564 g/mol. The largest absolute Gasteiger partial charge is 0.394 e. The predicted octanol–water partition coefficient (Wildman–Crippen LogP) is 4.78. The molecule has 0 unspecified atom stereocenters. The second-order valence-electron chi connectivity index (χ2n) is 9.80. The molecule has 5 rings (SSSR count). The number of pyridine rings is 1. The van der Waals surface area contributed by atoms with Gasteiger partial charge in [0.25, 0.3) is 0 Å². The van der Waals surface area contributed by atoms with Crippen LogP contribution >= 0.6 is 10.2 Å². The Morgan fingerprint density at radius 2 is 1.84 bits per heavy atom. The van der Waals surface area contributed by atoms with Crippen molar-refractivity contribution in [2.75, 3.05) is 35.7 Å². The average molecular weight is 565 g/mol. The lowest BCUT2D eigenvalue weighted by Crippen LogP contribution is -2.48. The molecule has 2 aromatic rings. The summed E-state index contributed by atoms with van der Waals surface area (Å²) in [7, 11) is -11.2. The topological polar surface area (TPSA) is 115 Å². The third-order valence-corrected chi connectivity index (χ3v) is 9.93. The molecule has 4 heterocycles. The van der Waals surface area contributed by atoms with Crippen LogP contribution in [0, 0.1) is 11.3 Å². The summed E-state index contributed by atoms with van der Waals surface area (Å²) in [4.78, 5) is 12.2. The van der Waals surface area contributed by atoms with E-state index in [1.807, 2.05) is 4.90 Å². The summed E-state index contributed by atoms with van der Waals surface area (Å²) in [6.45, 7) is 0.661. The molecular weight excluding hydrogens is 539 g/mol. The standard InChI is InChI=1S/C22H25F5N6O2S2/c23-37(24,25,26,27)15-11-29-19(30-12-15)14-2-7-33(8-3-14)21-17(10-28)16-4-9-36(35)18(16)20(31-21)32-22(13-34)5-1-6-22/h11-12,14,34H,1-9,13H2,(H,31,32)/t36-/m0/s1. The fourth-order valence-corrected chi connectivity index (χ4v) is 6.97. The number of rotatable bonds is 6. The van der Waals surface area contributed by atoms with Gasteiger partial charge in [-0.15, -0.1) is 0 Å². The summed E-state index contributed by atoms with van der Waals surface area (Å²) in [5, 5.41) is 23.2. The highest BCUT2D eigenvalue weighted by molar-refractivity contribution is 8.45. The summed E-state index contributed by atoms with van der Waals surface area (Å²) < 4.78 is 77.7. The molecule has 0 spiro atoms. The van der Waals surface area contributed by atoms with E-state index in [1.54, 1.807) is 0 Å². The molecule has 1 atom stereocenters. The first-order valence-corrected chi connectivity index (χ1v) is 15.1. The molecule has 8 nitrogen and oxygen atoms in total. The minimum atomic E-state index is -9.84. The van der Waals surface area contributed by atoms with Crippen molar-refractivity contribution in [2.24, 2.45) is 0 Å². The summed E-state index contributed by atoms with van der Waals surface area (Å²) >= 11 is 0. The molecule has 2 fully saturated rings. The molecule has 3 aliphatic rings. The van der Waals surface area contributed by atoms with E-state index in [0.29, 0.717) is 65.8 Å². The molecule has 1 saturated carbocycles. The highest BCUT2D eigenvalue weighted by Gasteiger charge is 2.66. The quantitative estimate of drug-likeness (QED) is 0.482. The molecule has 1 saturated heterocycles. The molecule has 37 heavy (non-hydrogen) atoms. The van der Waals surface area contributed by atoms with Gasteiger partial charge < -0.3 is 15.3 Å². The number of aliphatic hydroxyl groups excluding tert-OH is 1. The lowest BCUT2D eigenvalue weighted by molar-refractivity contribution is 0.143. The van der Waals surface area contributed by atoms with Gasteiger partial charge in [0.05, 0.1) is 45.8 Å². The highest BCUT2D eigenvalue weighted by Crippen LogP contribution is 3.01. The zero-order valence-corrected chi connectivity index (χ0v) is 21.2. The zero-order valence-electron chi connectivity index (χ0n) is 19.6. The van der Waals surface area contributed by atoms with Crippen LogP contribution in [-0.2, 0) is 17.2 Å². The number of nitrogens with one attached hydrogen (secondary N) is 1. The lowest BCUT2D eigenvalue weighted by Gasteiger charge is -2.42. The van der Waals surface area contributed by atoms with Crippen LogP contribution in [-0.4, -0.2) is 55.3 Å². The number of fused-ring (bicyclic) bond motifs is 1. The van der Waals surface area contributed by atoms with E-state index in [4.69, 9.17) is 4.98 Å². The molecule has 202 valence electrons. The third kappa shape index (κ3) is 4.86. The van der Waals surface area contributed by atoms with Crippen molar-refractivity contribution in [3.63, 3.8) is 0 Å². The van der Waals surface area contributed by atoms with Crippen molar-refractivity contribution in [3.8, 4) is 6.07 Å². The summed E-state index contributed by atoms with van der Waals surface area (Å²) in [6, 6.07) is 2.20. The smallest absolute Gasteiger partial charge is 0.313 e. The van der Waals surface area contributed by atoms with Crippen LogP contribution in [0.1, 0.15) is 55.0 Å². The molecule has 0 amide bonds. The summed E-state index contributed by atoms with van der Waals surface area (Å²) in [5.41, 5.74) is 0.482. The summed E-state index contributed by atoms with van der Waals surface area (Å²) in [5.74, 6) is 0.919. The van der Waals surface area contributed by atoms with Gasteiger partial charge in [0, 0.05) is 24.8 Å². The Morgan fingerprint density at radius 1 is 1.19 bits per heavy atom. The molecular formula is C22H25F5N6O2S2. The molecule has 1 aliphatic carbocycles. The molecule has 0 bridgehead atoms. The van der Waals surface area contributed by atoms with Gasteiger partial charge in [-0.05, 0) is 44.1 Å². The zero-order chi connectivity index (χ0) is 26.7. The normalized spacial score (nSPS) is 23.4. The van der Waals surface area contributed by atoms with Gasteiger partial charge in [-0.3, -0.25) is 4.21 Å². The first-order chi connectivity index (χ1) is 17.2. The molecule has 2 aliphatic heterocycles. The van der Waals surface area contributed by atoms with Gasteiger partial charge in [-0.25, -0.2) is 15.0 Å². The first-order valence-electron chi connectivity index (χ1n) is 11.8. The fraction of sp³-hybridized carbons (Fsp3) is 0.545. The SMILES string of the molecule is N#Cc1c(N2CCC(c3ncc(S(F)(F)(F)(F)F)cn3)CC2)nc(NC2(CO)CCC2)c2c1CC[S@@]2=O. The van der Waals surface area contributed by atoms with Crippen molar-refractivity contribution in [1.82, 2.24) is 15.0 Å². The Labute approximate surface area is 212 Å². The molecule has 2 N–H and O–H groups in total. The Morgan fingerprint density at radius 3 is 2.35 bits per heavy atom. The third-order valence-electron chi connectivity index (χ3n) is 7.36. The van der Waals surface area contributed by atoms with Gasteiger partial charge in [-0.2, -0.15) is 5.26 Å². The molecule has 0 aromatic carbocycles. The van der Waals surface area contributed by atoms with Crippen molar-refractivity contribution in [3.05, 3.63) is 29.3 Å². The van der Waals surface area contributed by atoms with E-state index in [0.717, 1.165) is 19.3 Å². The Balaban J connectivity index is 1.39. The molecule has 0 radical (unpaired) electrons. The maximum atomic E-state index is 13.0. The number of aliphatic hydroxyl groups is 1. The van der Waals surface area contributed by atoms with Crippen molar-refractivity contribution >= 4 is 32.7 Å². The van der Waals surface area contributed by atoms with Gasteiger partial charge >= 0.3 is 10.2 Å². The van der Waals surface area contributed by atoms with Crippen LogP contribution in [0.15, 0.2) is 22.2 Å². The Kier molecular flexibility index (Phi) is 5.78. The number of aromatic nitrogens is 3. The van der Waals surface area contributed by atoms with Gasteiger partial charge in [0.15, 0.2) is 0 Å². The van der Waals surface area contributed by atoms with Crippen LogP contribution < -0.4 is 10.2 Å². The number of nitriles is 1. The number of hydrogen-bond donors (Lipinski definition) is 2. The first kappa shape index (κ1) is 26.1. The van der Waals surface area contributed by atoms with E-state index < -0.39 is 31.5 Å². The van der Waals surface area contributed by atoms with Crippen LogP contribution in [0.25, 0.3) is 0 Å². The van der Waals surface area contributed by atoms with Crippen LogP contribution in [0.3, 0.4) is 0 Å². The maximum absolute atomic E-state index is 13.0.